The summed E-state index contributed by atoms with van der Waals surface area (Å²) in [4.78, 5) is 19.0. The van der Waals surface area contributed by atoms with Gasteiger partial charge in [0.1, 0.15) is 0 Å². The fourth-order valence-electron chi connectivity index (χ4n) is 2.22. The van der Waals surface area contributed by atoms with Crippen LogP contribution < -0.4 is 0 Å². The maximum absolute atomic E-state index is 12.0. The minimum Gasteiger partial charge on any atom is -0.393 e. The number of amides is 1. The largest absolute Gasteiger partial charge is 0.393 e. The average Bonchev–Trinajstić information content (AvgIpc) is 3.00. The van der Waals surface area contributed by atoms with Crippen molar-refractivity contribution in [3.05, 3.63) is 29.5 Å². The molecule has 0 aliphatic carbocycles. The lowest BCUT2D eigenvalue weighted by molar-refractivity contribution is -0.127. The van der Waals surface area contributed by atoms with E-state index < -0.39 is 0 Å². The number of aliphatic hydroxyl groups is 1. The third-order valence-electron chi connectivity index (χ3n) is 3.35. The number of aromatic nitrogens is 2. The lowest BCUT2D eigenvalue weighted by Gasteiger charge is -2.28. The first-order chi connectivity index (χ1) is 9.24. The van der Waals surface area contributed by atoms with E-state index in [-0.39, 0.29) is 12.0 Å². The van der Waals surface area contributed by atoms with E-state index in [9.17, 15) is 9.90 Å². The molecule has 5 nitrogen and oxygen atoms in total. The predicted octanol–water partition coefficient (Wildman–Crippen LogP) is 1.39. The molecule has 1 aliphatic heterocycles. The number of thiazole rings is 1. The van der Waals surface area contributed by atoms with Gasteiger partial charge in [-0.1, -0.05) is 0 Å². The number of carbonyl (C=O) groups is 1. The van der Waals surface area contributed by atoms with Crippen molar-refractivity contribution in [2.24, 2.45) is 0 Å². The monoisotopic (exact) mass is 277 g/mol. The highest BCUT2D eigenvalue weighted by Gasteiger charge is 2.19. The Morgan fingerprint density at radius 2 is 2.26 bits per heavy atom. The zero-order valence-corrected chi connectivity index (χ0v) is 11.2. The molecule has 2 aromatic heterocycles. The SMILES string of the molecule is O=C(/C=C/c1cnc2sccn12)N1CCC(O)CC1. The first-order valence-corrected chi connectivity index (χ1v) is 7.17. The van der Waals surface area contributed by atoms with Crippen molar-refractivity contribution in [1.29, 1.82) is 0 Å². The third kappa shape index (κ3) is 2.54. The summed E-state index contributed by atoms with van der Waals surface area (Å²) < 4.78 is 1.95. The number of aliphatic hydroxyl groups excluding tert-OH is 1. The van der Waals surface area contributed by atoms with Crippen LogP contribution in [-0.2, 0) is 4.79 Å². The minimum absolute atomic E-state index is 0.00270. The minimum atomic E-state index is -0.256. The summed E-state index contributed by atoms with van der Waals surface area (Å²) in [6.07, 6.45) is 8.15. The van der Waals surface area contributed by atoms with Gasteiger partial charge >= 0.3 is 0 Å². The Morgan fingerprint density at radius 1 is 1.47 bits per heavy atom. The van der Waals surface area contributed by atoms with Gasteiger partial charge in [-0.2, -0.15) is 0 Å². The molecule has 100 valence electrons. The standard InChI is InChI=1S/C13H15N3O2S/c17-11-3-5-15(6-4-11)12(18)2-1-10-9-14-13-16(10)7-8-19-13/h1-2,7-9,11,17H,3-6H2/b2-1+. The second kappa shape index (κ2) is 5.14. The number of carbonyl (C=O) groups excluding carboxylic acids is 1. The van der Waals surface area contributed by atoms with Crippen LogP contribution in [0.1, 0.15) is 18.5 Å². The van der Waals surface area contributed by atoms with Crippen molar-refractivity contribution in [3.8, 4) is 0 Å². The van der Waals surface area contributed by atoms with E-state index >= 15 is 0 Å². The highest BCUT2D eigenvalue weighted by molar-refractivity contribution is 7.15. The summed E-state index contributed by atoms with van der Waals surface area (Å²) >= 11 is 1.57. The van der Waals surface area contributed by atoms with Crippen molar-refractivity contribution in [1.82, 2.24) is 14.3 Å². The molecule has 1 N–H and O–H groups in total. The molecule has 0 bridgehead atoms. The van der Waals surface area contributed by atoms with Gasteiger partial charge in [-0.05, 0) is 18.9 Å². The molecule has 2 aromatic rings. The summed E-state index contributed by atoms with van der Waals surface area (Å²) in [6, 6.07) is 0. The number of hydrogen-bond donors (Lipinski definition) is 1. The van der Waals surface area contributed by atoms with E-state index in [2.05, 4.69) is 4.98 Å². The van der Waals surface area contributed by atoms with Gasteiger partial charge < -0.3 is 10.0 Å². The van der Waals surface area contributed by atoms with Crippen LogP contribution in [0.15, 0.2) is 23.8 Å². The quantitative estimate of drug-likeness (QED) is 0.844. The molecular weight excluding hydrogens is 262 g/mol. The Morgan fingerprint density at radius 3 is 3.05 bits per heavy atom. The van der Waals surface area contributed by atoms with Gasteiger partial charge in [-0.15, -0.1) is 11.3 Å². The van der Waals surface area contributed by atoms with Crippen LogP contribution in [0, 0.1) is 0 Å². The van der Waals surface area contributed by atoms with Crippen LogP contribution in [0.4, 0.5) is 0 Å². The highest BCUT2D eigenvalue weighted by Crippen LogP contribution is 2.14. The lowest BCUT2D eigenvalue weighted by Crippen LogP contribution is -2.39. The van der Waals surface area contributed by atoms with Crippen LogP contribution in [0.25, 0.3) is 11.0 Å². The maximum Gasteiger partial charge on any atom is 0.246 e. The van der Waals surface area contributed by atoms with Gasteiger partial charge in [0.25, 0.3) is 0 Å². The number of fused-ring (bicyclic) bond motifs is 1. The summed E-state index contributed by atoms with van der Waals surface area (Å²) in [7, 11) is 0. The van der Waals surface area contributed by atoms with E-state index in [4.69, 9.17) is 0 Å². The number of hydrogen-bond acceptors (Lipinski definition) is 4. The Hall–Kier alpha value is -1.66. The number of rotatable bonds is 2. The van der Waals surface area contributed by atoms with Crippen LogP contribution in [0.2, 0.25) is 0 Å². The van der Waals surface area contributed by atoms with Gasteiger partial charge in [0.05, 0.1) is 18.0 Å². The molecule has 0 saturated carbocycles. The Bertz CT molecular complexity index is 608. The first kappa shape index (κ1) is 12.4. The normalized spacial score (nSPS) is 17.6. The molecule has 1 aliphatic rings. The first-order valence-electron chi connectivity index (χ1n) is 6.29. The van der Waals surface area contributed by atoms with E-state index in [1.165, 1.54) is 0 Å². The topological polar surface area (TPSA) is 57.8 Å². The molecule has 3 rings (SSSR count). The Balaban J connectivity index is 1.69. The van der Waals surface area contributed by atoms with Crippen molar-refractivity contribution in [3.63, 3.8) is 0 Å². The summed E-state index contributed by atoms with van der Waals surface area (Å²) in [5.74, 6) is -0.00270. The summed E-state index contributed by atoms with van der Waals surface area (Å²) in [6.45, 7) is 1.26. The molecule has 0 radical (unpaired) electrons. The average molecular weight is 277 g/mol. The fourth-order valence-corrected chi connectivity index (χ4v) is 2.91. The van der Waals surface area contributed by atoms with E-state index in [1.807, 2.05) is 16.0 Å². The van der Waals surface area contributed by atoms with Crippen molar-refractivity contribution < 1.29 is 9.90 Å². The number of imidazole rings is 1. The van der Waals surface area contributed by atoms with Crippen LogP contribution in [0.3, 0.4) is 0 Å². The molecule has 0 unspecified atom stereocenters. The second-order valence-electron chi connectivity index (χ2n) is 4.63. The molecule has 1 fully saturated rings. The molecule has 0 spiro atoms. The van der Waals surface area contributed by atoms with Crippen LogP contribution in [-0.4, -0.2) is 44.5 Å². The summed E-state index contributed by atoms with van der Waals surface area (Å²) in [5.41, 5.74) is 0.904. The molecule has 0 aromatic carbocycles. The van der Waals surface area contributed by atoms with Gasteiger partial charge in [-0.3, -0.25) is 9.20 Å². The summed E-state index contributed by atoms with van der Waals surface area (Å²) in [5, 5.41) is 11.4. The smallest absolute Gasteiger partial charge is 0.246 e. The third-order valence-corrected chi connectivity index (χ3v) is 4.12. The molecule has 19 heavy (non-hydrogen) atoms. The second-order valence-corrected chi connectivity index (χ2v) is 5.50. The highest BCUT2D eigenvalue weighted by atomic mass is 32.1. The number of nitrogens with zero attached hydrogens (tertiary/aromatic N) is 3. The van der Waals surface area contributed by atoms with Crippen molar-refractivity contribution in [2.45, 2.75) is 18.9 Å². The van der Waals surface area contributed by atoms with Crippen LogP contribution in [0.5, 0.6) is 0 Å². The van der Waals surface area contributed by atoms with E-state index in [0.717, 1.165) is 10.7 Å². The van der Waals surface area contributed by atoms with E-state index in [0.29, 0.717) is 25.9 Å². The van der Waals surface area contributed by atoms with E-state index in [1.54, 1.807) is 34.6 Å². The van der Waals surface area contributed by atoms with Crippen molar-refractivity contribution in [2.75, 3.05) is 13.1 Å². The van der Waals surface area contributed by atoms with Crippen LogP contribution >= 0.6 is 11.3 Å². The molecule has 6 heteroatoms. The number of piperidine rings is 1. The Labute approximate surface area is 114 Å². The van der Waals surface area contributed by atoms with Gasteiger partial charge in [0.15, 0.2) is 4.96 Å². The zero-order valence-electron chi connectivity index (χ0n) is 10.4. The molecule has 1 amide bonds. The predicted molar refractivity (Wildman–Crippen MR) is 73.9 cm³/mol. The molecule has 3 heterocycles. The lowest BCUT2D eigenvalue weighted by atomic mass is 10.1. The van der Waals surface area contributed by atoms with Gasteiger partial charge in [0, 0.05) is 30.7 Å². The molecule has 1 saturated heterocycles. The molecular formula is C13H15N3O2S. The molecule has 0 atom stereocenters. The fraction of sp³-hybridized carbons (Fsp3) is 0.385. The zero-order chi connectivity index (χ0) is 13.2. The maximum atomic E-state index is 12.0. The van der Waals surface area contributed by atoms with Gasteiger partial charge in [-0.25, -0.2) is 4.98 Å². The number of likely N-dealkylation sites (tertiary alicyclic amines) is 1. The van der Waals surface area contributed by atoms with Crippen molar-refractivity contribution >= 4 is 28.3 Å². The van der Waals surface area contributed by atoms with Gasteiger partial charge in [0.2, 0.25) is 5.91 Å². The Kier molecular flexibility index (Phi) is 3.35.